The van der Waals surface area contributed by atoms with Gasteiger partial charge < -0.3 is 26.4 Å². The van der Waals surface area contributed by atoms with E-state index in [0.717, 1.165) is 0 Å². The summed E-state index contributed by atoms with van der Waals surface area (Å²) in [4.78, 5) is 44.2. The van der Waals surface area contributed by atoms with Crippen molar-refractivity contribution in [2.45, 2.75) is 51.7 Å². The summed E-state index contributed by atoms with van der Waals surface area (Å²) in [7, 11) is -3.26. The molecule has 10 heteroatoms. The van der Waals surface area contributed by atoms with Gasteiger partial charge in [-0.05, 0) is 25.7 Å². The minimum absolute atomic E-state index is 0.00947. The molecule has 0 aliphatic heterocycles. The van der Waals surface area contributed by atoms with Crippen LogP contribution in [-0.2, 0) is 18.9 Å². The molecule has 6 N–H and O–H groups in total. The zero-order valence-electron chi connectivity index (χ0n) is 14.5. The Morgan fingerprint density at radius 2 is 1.67 bits per heavy atom. The summed E-state index contributed by atoms with van der Waals surface area (Å²) in [6, 6.07) is -3.03. The lowest BCUT2D eigenvalue weighted by Gasteiger charge is -2.21. The maximum absolute atomic E-state index is 12.0. The van der Waals surface area contributed by atoms with Gasteiger partial charge in [-0.15, -0.1) is 0 Å². The summed E-state index contributed by atoms with van der Waals surface area (Å²) in [5.41, 5.74) is 5.62. The second-order valence-electron chi connectivity index (χ2n) is 6.43. The van der Waals surface area contributed by atoms with Crippen molar-refractivity contribution in [1.82, 2.24) is 10.6 Å². The number of amides is 2. The number of carbonyl (C=O) groups excluding carboxylic acids is 2. The molecule has 1 unspecified atom stereocenters. The highest BCUT2D eigenvalue weighted by atomic mass is 31.2. The normalized spacial score (nSPS) is 17.5. The molecule has 0 saturated heterocycles. The maximum atomic E-state index is 12.0. The lowest BCUT2D eigenvalue weighted by Crippen LogP contribution is -2.53. The molecule has 0 rings (SSSR count). The van der Waals surface area contributed by atoms with Crippen LogP contribution in [0.1, 0.15) is 33.6 Å². The lowest BCUT2D eigenvalue weighted by molar-refractivity contribution is -0.142. The Kier molecular flexibility index (Phi) is 9.17. The molecular formula is C14H28N3O6P. The smallest absolute Gasteiger partial charge is 0.326 e. The fourth-order valence-electron chi connectivity index (χ4n) is 1.89. The van der Waals surface area contributed by atoms with E-state index in [0.29, 0.717) is 0 Å². The Bertz CT molecular complexity index is 505. The van der Waals surface area contributed by atoms with E-state index < -0.39 is 43.3 Å². The van der Waals surface area contributed by atoms with Crippen molar-refractivity contribution >= 4 is 25.2 Å². The van der Waals surface area contributed by atoms with Crippen molar-refractivity contribution in [2.75, 3.05) is 12.8 Å². The molecule has 140 valence electrons. The highest BCUT2D eigenvalue weighted by molar-refractivity contribution is 7.57. The first-order valence-electron chi connectivity index (χ1n) is 7.72. The molecule has 9 nitrogen and oxygen atoms in total. The van der Waals surface area contributed by atoms with E-state index in [2.05, 4.69) is 10.6 Å². The number of carbonyl (C=O) groups is 3. The summed E-state index contributed by atoms with van der Waals surface area (Å²) in [6.07, 6.45) is 0.177. The van der Waals surface area contributed by atoms with Crippen molar-refractivity contribution in [2.24, 2.45) is 11.7 Å². The molecule has 4 atom stereocenters. The number of rotatable bonds is 10. The van der Waals surface area contributed by atoms with Gasteiger partial charge in [0.2, 0.25) is 11.8 Å². The highest BCUT2D eigenvalue weighted by Crippen LogP contribution is 2.35. The van der Waals surface area contributed by atoms with E-state index in [1.165, 1.54) is 13.6 Å². The van der Waals surface area contributed by atoms with Crippen LogP contribution in [0.25, 0.3) is 0 Å². The summed E-state index contributed by atoms with van der Waals surface area (Å²) in [6.45, 7) is 6.25. The molecule has 0 heterocycles. The molecule has 0 bridgehead atoms. The van der Waals surface area contributed by atoms with Gasteiger partial charge in [-0.3, -0.25) is 14.2 Å². The van der Waals surface area contributed by atoms with Gasteiger partial charge in [0.1, 0.15) is 12.1 Å². The average Bonchev–Trinajstić information content (AvgIpc) is 2.42. The van der Waals surface area contributed by atoms with Gasteiger partial charge >= 0.3 is 5.97 Å². The van der Waals surface area contributed by atoms with E-state index in [-0.39, 0.29) is 24.9 Å². The first-order valence-corrected chi connectivity index (χ1v) is 10.0. The first kappa shape index (κ1) is 22.6. The predicted octanol–water partition coefficient (Wildman–Crippen LogP) is -0.276. The largest absolute Gasteiger partial charge is 0.480 e. The quantitative estimate of drug-likeness (QED) is 0.333. The summed E-state index contributed by atoms with van der Waals surface area (Å²) >= 11 is 0. The van der Waals surface area contributed by atoms with Crippen molar-refractivity contribution in [3.63, 3.8) is 0 Å². The molecule has 0 fully saturated rings. The van der Waals surface area contributed by atoms with E-state index in [1.807, 2.05) is 13.8 Å². The second-order valence-corrected chi connectivity index (χ2v) is 8.98. The number of hydrogen-bond donors (Lipinski definition) is 5. The monoisotopic (exact) mass is 365 g/mol. The molecule has 0 spiro atoms. The number of aliphatic carboxylic acids is 1. The Morgan fingerprint density at radius 3 is 2.08 bits per heavy atom. The number of carboxylic acid groups (broad SMARTS) is 1. The third-order valence-corrected chi connectivity index (χ3v) is 4.35. The molecule has 0 aromatic carbocycles. The van der Waals surface area contributed by atoms with Crippen molar-refractivity contribution in [3.8, 4) is 0 Å². The Morgan fingerprint density at radius 1 is 1.12 bits per heavy atom. The minimum atomic E-state index is -3.26. The Hall–Kier alpha value is -1.44. The number of nitrogens with two attached hydrogens (primary N) is 1. The Balaban J connectivity index is 4.54. The Labute approximate surface area is 141 Å². The van der Waals surface area contributed by atoms with Crippen LogP contribution in [0.4, 0.5) is 0 Å². The third-order valence-electron chi connectivity index (χ3n) is 3.27. The molecular weight excluding hydrogens is 337 g/mol. The topological polar surface area (TPSA) is 159 Å². The van der Waals surface area contributed by atoms with Crippen molar-refractivity contribution in [1.29, 1.82) is 0 Å². The molecule has 0 aromatic rings. The fraction of sp³-hybridized carbons (Fsp3) is 0.786. The minimum Gasteiger partial charge on any atom is -0.480 e. The van der Waals surface area contributed by atoms with Crippen LogP contribution in [0.5, 0.6) is 0 Å². The van der Waals surface area contributed by atoms with E-state index in [9.17, 15) is 23.8 Å². The highest BCUT2D eigenvalue weighted by Gasteiger charge is 2.26. The molecule has 2 amide bonds. The third kappa shape index (κ3) is 9.64. The zero-order chi connectivity index (χ0) is 19.1. The van der Waals surface area contributed by atoms with Crippen LogP contribution in [0.15, 0.2) is 0 Å². The van der Waals surface area contributed by atoms with Gasteiger partial charge in [-0.1, -0.05) is 13.8 Å². The number of carboxylic acids is 1. The molecule has 0 aliphatic carbocycles. The predicted molar refractivity (Wildman–Crippen MR) is 89.8 cm³/mol. The van der Waals surface area contributed by atoms with Crippen LogP contribution in [0.2, 0.25) is 0 Å². The van der Waals surface area contributed by atoms with Gasteiger partial charge in [0.05, 0.1) is 6.04 Å². The van der Waals surface area contributed by atoms with Gasteiger partial charge in [0, 0.05) is 12.8 Å². The zero-order valence-corrected chi connectivity index (χ0v) is 15.4. The molecule has 0 aliphatic rings. The van der Waals surface area contributed by atoms with Crippen LogP contribution in [-0.4, -0.2) is 58.7 Å². The van der Waals surface area contributed by atoms with Crippen LogP contribution in [0, 0.1) is 5.92 Å². The van der Waals surface area contributed by atoms with Gasteiger partial charge in [0.25, 0.3) is 0 Å². The van der Waals surface area contributed by atoms with Gasteiger partial charge in [-0.2, -0.15) is 0 Å². The van der Waals surface area contributed by atoms with Crippen LogP contribution in [0.3, 0.4) is 0 Å². The summed E-state index contributed by atoms with van der Waals surface area (Å²) in [5.74, 6) is -2.34. The number of nitrogens with one attached hydrogen (secondary N) is 2. The lowest BCUT2D eigenvalue weighted by atomic mass is 10.0. The SMILES string of the molecule is CC(C)C[C@H](NC(=O)[C@H](C)NC(=O)[C@@H](N)CCP(C)(=O)O)C(=O)O. The molecule has 24 heavy (non-hydrogen) atoms. The van der Waals surface area contributed by atoms with Crippen LogP contribution >= 0.6 is 7.37 Å². The van der Waals surface area contributed by atoms with Crippen molar-refractivity contribution in [3.05, 3.63) is 0 Å². The molecule has 0 radical (unpaired) electrons. The summed E-state index contributed by atoms with van der Waals surface area (Å²) < 4.78 is 11.2. The van der Waals surface area contributed by atoms with Gasteiger partial charge in [-0.25, -0.2) is 4.79 Å². The van der Waals surface area contributed by atoms with Gasteiger partial charge in [0.15, 0.2) is 7.37 Å². The maximum Gasteiger partial charge on any atom is 0.326 e. The van der Waals surface area contributed by atoms with E-state index in [4.69, 9.17) is 10.8 Å². The number of hydrogen-bond acceptors (Lipinski definition) is 5. The van der Waals surface area contributed by atoms with Crippen molar-refractivity contribution < 1.29 is 28.9 Å². The average molecular weight is 365 g/mol. The molecule has 0 aromatic heterocycles. The molecule has 0 saturated carbocycles. The van der Waals surface area contributed by atoms with Crippen LogP contribution < -0.4 is 16.4 Å². The fourth-order valence-corrected chi connectivity index (χ4v) is 2.64. The standard InChI is InChI=1S/C14H28N3O6P/c1-8(2)7-11(14(20)21)17-12(18)9(3)16-13(19)10(15)5-6-24(4,22)23/h8-11H,5-7,15H2,1-4H3,(H,16,19)(H,17,18)(H,20,21)(H,22,23)/t9-,10-,11-/m0/s1. The van der Waals surface area contributed by atoms with E-state index in [1.54, 1.807) is 0 Å². The summed E-state index contributed by atoms with van der Waals surface area (Å²) in [5, 5.41) is 13.8. The second kappa shape index (κ2) is 9.76. The first-order chi connectivity index (χ1) is 10.8. The van der Waals surface area contributed by atoms with E-state index >= 15 is 0 Å².